The van der Waals surface area contributed by atoms with Crippen molar-refractivity contribution in [3.8, 4) is 0 Å². The summed E-state index contributed by atoms with van der Waals surface area (Å²) in [5.41, 5.74) is 4.14. The summed E-state index contributed by atoms with van der Waals surface area (Å²) in [4.78, 5) is 76.0. The third-order valence-electron chi connectivity index (χ3n) is 7.18. The predicted octanol–water partition coefficient (Wildman–Crippen LogP) is 2.66. The topological polar surface area (TPSA) is 168 Å². The molecule has 1 fully saturated rings. The summed E-state index contributed by atoms with van der Waals surface area (Å²) in [5, 5.41) is 8.08. The van der Waals surface area contributed by atoms with Crippen LogP contribution in [0.2, 0.25) is 0 Å². The first-order valence-corrected chi connectivity index (χ1v) is 14.4. The molecule has 40 heavy (non-hydrogen) atoms. The number of primary amides is 1. The van der Waals surface area contributed by atoms with Crippen molar-refractivity contribution < 1.29 is 28.8 Å². The van der Waals surface area contributed by atoms with Gasteiger partial charge in [-0.15, -0.1) is 0 Å². The van der Waals surface area contributed by atoms with E-state index >= 15 is 0 Å². The molecule has 1 aliphatic rings. The molecule has 0 saturated carbocycles. The van der Waals surface area contributed by atoms with Gasteiger partial charge in [0, 0.05) is 31.3 Å². The van der Waals surface area contributed by atoms with Crippen LogP contribution < -0.4 is 21.7 Å². The van der Waals surface area contributed by atoms with Crippen molar-refractivity contribution in [1.29, 1.82) is 0 Å². The molecule has 0 unspecified atom stereocenters. The van der Waals surface area contributed by atoms with E-state index in [1.54, 1.807) is 20.8 Å². The quantitative estimate of drug-likeness (QED) is 0.176. The molecule has 1 heterocycles. The molecule has 0 aliphatic carbocycles. The molecule has 1 aliphatic heterocycles. The van der Waals surface area contributed by atoms with Gasteiger partial charge in [-0.1, -0.05) is 61.8 Å². The molecule has 11 nitrogen and oxygen atoms in total. The van der Waals surface area contributed by atoms with E-state index < -0.39 is 29.4 Å². The zero-order valence-electron chi connectivity index (χ0n) is 25.6. The van der Waals surface area contributed by atoms with Gasteiger partial charge in [0.1, 0.15) is 6.04 Å². The Hall–Kier alpha value is -2.98. The molecule has 0 aromatic heterocycles. The van der Waals surface area contributed by atoms with E-state index in [-0.39, 0.29) is 60.1 Å². The highest BCUT2D eigenvalue weighted by Crippen LogP contribution is 2.35. The lowest BCUT2D eigenvalue weighted by atomic mass is 9.80. The largest absolute Gasteiger partial charge is 0.352 e. The smallest absolute Gasteiger partial charge is 0.312 e. The number of nitrogens with two attached hydrogens (primary N) is 1. The number of imide groups is 1. The predicted molar refractivity (Wildman–Crippen MR) is 153 cm³/mol. The first kappa shape index (κ1) is 35.0. The Kier molecular flexibility index (Phi) is 13.3. The SMILES string of the molecule is CC(C)[C@H](NC(=O)CCCCCN1C(=O)C[C@H](C(C)(C)C)C1=O)C(=O)N[C@@H](CCCNC(N)=O)C(=O)C(C)(C)C. The average Bonchev–Trinajstić information content (AvgIpc) is 3.11. The number of urea groups is 1. The molecule has 5 N–H and O–H groups in total. The number of nitrogens with zero attached hydrogens (tertiary/aromatic N) is 1. The fourth-order valence-corrected chi connectivity index (χ4v) is 4.68. The summed E-state index contributed by atoms with van der Waals surface area (Å²) in [6, 6.07) is -2.24. The number of carbonyl (C=O) groups is 6. The molecule has 11 heteroatoms. The van der Waals surface area contributed by atoms with Crippen LogP contribution in [-0.4, -0.2) is 65.5 Å². The van der Waals surface area contributed by atoms with E-state index in [2.05, 4.69) is 16.0 Å². The average molecular weight is 566 g/mol. The van der Waals surface area contributed by atoms with E-state index in [1.807, 2.05) is 34.6 Å². The van der Waals surface area contributed by atoms with Gasteiger partial charge in [0.2, 0.25) is 23.6 Å². The highest BCUT2D eigenvalue weighted by atomic mass is 16.2. The molecule has 6 amide bonds. The van der Waals surface area contributed by atoms with Crippen molar-refractivity contribution in [2.24, 2.45) is 28.4 Å². The maximum absolute atomic E-state index is 13.1. The zero-order chi connectivity index (χ0) is 30.8. The Morgan fingerprint density at radius 2 is 1.57 bits per heavy atom. The molecule has 0 spiro atoms. The van der Waals surface area contributed by atoms with Gasteiger partial charge in [-0.25, -0.2) is 4.79 Å². The Labute approximate surface area is 239 Å². The molecule has 1 rings (SSSR count). The van der Waals surface area contributed by atoms with Crippen LogP contribution in [0.25, 0.3) is 0 Å². The third-order valence-corrected chi connectivity index (χ3v) is 7.18. The van der Waals surface area contributed by atoms with Gasteiger partial charge in [0.05, 0.1) is 12.0 Å². The van der Waals surface area contributed by atoms with Crippen LogP contribution in [0.5, 0.6) is 0 Å². The van der Waals surface area contributed by atoms with Gasteiger partial charge in [0.25, 0.3) is 0 Å². The van der Waals surface area contributed by atoms with Crippen LogP contribution in [0.3, 0.4) is 0 Å². The van der Waals surface area contributed by atoms with E-state index in [9.17, 15) is 28.8 Å². The van der Waals surface area contributed by atoms with Crippen LogP contribution >= 0.6 is 0 Å². The summed E-state index contributed by atoms with van der Waals surface area (Å²) in [6.07, 6.45) is 3.03. The van der Waals surface area contributed by atoms with Crippen molar-refractivity contribution in [3.63, 3.8) is 0 Å². The molecule has 3 atom stereocenters. The van der Waals surface area contributed by atoms with Gasteiger partial charge in [0.15, 0.2) is 5.78 Å². The maximum atomic E-state index is 13.1. The molecular formula is C29H51N5O6. The van der Waals surface area contributed by atoms with Crippen LogP contribution in [0.4, 0.5) is 4.79 Å². The lowest BCUT2D eigenvalue weighted by Gasteiger charge is -2.28. The van der Waals surface area contributed by atoms with Crippen LogP contribution in [0, 0.1) is 22.7 Å². The van der Waals surface area contributed by atoms with Crippen LogP contribution in [0.1, 0.15) is 100 Å². The fraction of sp³-hybridized carbons (Fsp3) is 0.793. The minimum Gasteiger partial charge on any atom is -0.352 e. The van der Waals surface area contributed by atoms with E-state index in [0.717, 1.165) is 0 Å². The minimum absolute atomic E-state index is 0.117. The van der Waals surface area contributed by atoms with Crippen molar-refractivity contribution in [3.05, 3.63) is 0 Å². The Balaban J connectivity index is 2.61. The maximum Gasteiger partial charge on any atom is 0.312 e. The summed E-state index contributed by atoms with van der Waals surface area (Å²) < 4.78 is 0. The van der Waals surface area contributed by atoms with Crippen molar-refractivity contribution in [2.45, 2.75) is 112 Å². The Morgan fingerprint density at radius 1 is 0.950 bits per heavy atom. The summed E-state index contributed by atoms with van der Waals surface area (Å²) in [6.45, 7) is 15.5. The normalized spacial score (nSPS) is 17.5. The molecule has 0 bridgehead atoms. The monoisotopic (exact) mass is 565 g/mol. The highest BCUT2D eigenvalue weighted by molar-refractivity contribution is 6.03. The number of hydrogen-bond donors (Lipinski definition) is 4. The molecule has 1 saturated heterocycles. The van der Waals surface area contributed by atoms with Crippen molar-refractivity contribution >= 4 is 35.4 Å². The number of hydrogen-bond acceptors (Lipinski definition) is 6. The van der Waals surface area contributed by atoms with Crippen LogP contribution in [0.15, 0.2) is 0 Å². The van der Waals surface area contributed by atoms with E-state index in [4.69, 9.17) is 5.73 Å². The standard InChI is InChI=1S/C29H51N5O6/c1-18(2)23(25(38)32-20(24(37)29(6,7)8)13-12-15-31-27(30)40)33-21(35)14-10-9-11-16-34-22(36)17-19(26(34)39)28(3,4)5/h18-20,23H,9-17H2,1-8H3,(H,32,38)(H,33,35)(H3,30,31,40)/t19-,20-,23-/m0/s1. The Bertz CT molecular complexity index is 934. The zero-order valence-corrected chi connectivity index (χ0v) is 25.6. The third kappa shape index (κ3) is 11.3. The minimum atomic E-state index is -0.819. The second-order valence-corrected chi connectivity index (χ2v) is 13.2. The van der Waals surface area contributed by atoms with Gasteiger partial charge in [-0.3, -0.25) is 28.9 Å². The number of unbranched alkanes of at least 4 members (excludes halogenated alkanes) is 2. The lowest BCUT2D eigenvalue weighted by Crippen LogP contribution is -2.55. The molecular weight excluding hydrogens is 514 g/mol. The molecule has 0 radical (unpaired) electrons. The van der Waals surface area contributed by atoms with Crippen LogP contribution in [-0.2, 0) is 24.0 Å². The molecule has 228 valence electrons. The van der Waals surface area contributed by atoms with Gasteiger partial charge in [-0.2, -0.15) is 0 Å². The second kappa shape index (κ2) is 15.1. The van der Waals surface area contributed by atoms with Gasteiger partial charge >= 0.3 is 6.03 Å². The highest BCUT2D eigenvalue weighted by Gasteiger charge is 2.44. The van der Waals surface area contributed by atoms with E-state index in [0.29, 0.717) is 38.6 Å². The van der Waals surface area contributed by atoms with Gasteiger partial charge < -0.3 is 21.7 Å². The number of nitrogens with one attached hydrogen (secondary N) is 3. The molecule has 0 aromatic rings. The van der Waals surface area contributed by atoms with Gasteiger partial charge in [-0.05, 0) is 37.0 Å². The number of Topliss-reactive ketones (excluding diaryl/α,β-unsaturated/α-hetero) is 1. The number of likely N-dealkylation sites (tertiary alicyclic amines) is 1. The van der Waals surface area contributed by atoms with Crippen molar-refractivity contribution in [1.82, 2.24) is 20.9 Å². The van der Waals surface area contributed by atoms with Crippen molar-refractivity contribution in [2.75, 3.05) is 13.1 Å². The fourth-order valence-electron chi connectivity index (χ4n) is 4.68. The van der Waals surface area contributed by atoms with E-state index in [1.165, 1.54) is 4.90 Å². The summed E-state index contributed by atoms with van der Waals surface area (Å²) in [5.74, 6) is -1.62. The number of carbonyl (C=O) groups excluding carboxylic acids is 6. The first-order valence-electron chi connectivity index (χ1n) is 14.4. The molecule has 0 aromatic carbocycles. The summed E-state index contributed by atoms with van der Waals surface area (Å²) in [7, 11) is 0. The number of amides is 6. The summed E-state index contributed by atoms with van der Waals surface area (Å²) >= 11 is 0. The Morgan fingerprint density at radius 3 is 2.08 bits per heavy atom. The number of rotatable bonds is 15. The second-order valence-electron chi connectivity index (χ2n) is 13.2. The first-order chi connectivity index (χ1) is 18.4. The number of ketones is 1. The lowest BCUT2D eigenvalue weighted by molar-refractivity contribution is -0.140.